The Morgan fingerprint density at radius 2 is 2.00 bits per heavy atom. The molecule has 0 atom stereocenters. The lowest BCUT2D eigenvalue weighted by atomic mass is 10.2. The maximum atomic E-state index is 11.5. The lowest BCUT2D eigenvalue weighted by Crippen LogP contribution is -2.39. The summed E-state index contributed by atoms with van der Waals surface area (Å²) < 4.78 is 1.09. The lowest BCUT2D eigenvalue weighted by Gasteiger charge is -2.22. The van der Waals surface area contributed by atoms with Gasteiger partial charge >= 0.3 is 0 Å². The molecule has 0 aliphatic rings. The first-order valence-corrected chi connectivity index (χ1v) is 8.75. The molecule has 1 rings (SSSR count). The third-order valence-electron chi connectivity index (χ3n) is 3.26. The minimum Gasteiger partial charge on any atom is -0.357 e. The van der Waals surface area contributed by atoms with Crippen molar-refractivity contribution in [1.29, 1.82) is 0 Å². The van der Waals surface area contributed by atoms with Crippen LogP contribution in [0.2, 0.25) is 0 Å². The number of hydrogen-bond acceptors (Lipinski definition) is 2. The van der Waals surface area contributed by atoms with Crippen LogP contribution in [0.25, 0.3) is 0 Å². The average molecular weight is 383 g/mol. The third-order valence-corrected chi connectivity index (χ3v) is 4.03. The molecule has 5 nitrogen and oxygen atoms in total. The molecule has 0 unspecified atom stereocenters. The van der Waals surface area contributed by atoms with Crippen molar-refractivity contribution in [2.24, 2.45) is 10.9 Å². The molecule has 0 aliphatic carbocycles. The molecule has 2 N–H and O–H groups in total. The SMILES string of the molecule is CCNC(=NCCNC(=O)C(C)C)N(C)Cc1ccccc1Br. The van der Waals surface area contributed by atoms with Gasteiger partial charge in [0.1, 0.15) is 0 Å². The zero-order valence-corrected chi connectivity index (χ0v) is 16.0. The first-order valence-electron chi connectivity index (χ1n) is 7.96. The number of carbonyl (C=O) groups is 1. The van der Waals surface area contributed by atoms with E-state index in [0.29, 0.717) is 13.1 Å². The maximum Gasteiger partial charge on any atom is 0.222 e. The lowest BCUT2D eigenvalue weighted by molar-refractivity contribution is -0.123. The number of halogens is 1. The number of amides is 1. The topological polar surface area (TPSA) is 56.7 Å². The van der Waals surface area contributed by atoms with Gasteiger partial charge in [-0.05, 0) is 18.6 Å². The van der Waals surface area contributed by atoms with Crippen LogP contribution in [0.4, 0.5) is 0 Å². The summed E-state index contributed by atoms with van der Waals surface area (Å²) in [6.07, 6.45) is 0. The Labute approximate surface area is 147 Å². The molecular weight excluding hydrogens is 356 g/mol. The van der Waals surface area contributed by atoms with Crippen LogP contribution in [-0.4, -0.2) is 43.4 Å². The second-order valence-electron chi connectivity index (χ2n) is 5.63. The van der Waals surface area contributed by atoms with Crippen LogP contribution in [0.15, 0.2) is 33.7 Å². The Morgan fingerprint density at radius 1 is 1.30 bits per heavy atom. The maximum absolute atomic E-state index is 11.5. The van der Waals surface area contributed by atoms with E-state index in [4.69, 9.17) is 0 Å². The highest BCUT2D eigenvalue weighted by molar-refractivity contribution is 9.10. The van der Waals surface area contributed by atoms with E-state index in [1.165, 1.54) is 5.56 Å². The van der Waals surface area contributed by atoms with E-state index in [-0.39, 0.29) is 11.8 Å². The molecule has 0 bridgehead atoms. The van der Waals surface area contributed by atoms with Crippen LogP contribution in [0.1, 0.15) is 26.3 Å². The van der Waals surface area contributed by atoms with Gasteiger partial charge in [0.15, 0.2) is 5.96 Å². The van der Waals surface area contributed by atoms with E-state index in [0.717, 1.165) is 23.5 Å². The van der Waals surface area contributed by atoms with Crippen LogP contribution in [-0.2, 0) is 11.3 Å². The predicted molar refractivity (Wildman–Crippen MR) is 99.4 cm³/mol. The highest BCUT2D eigenvalue weighted by Crippen LogP contribution is 2.17. The molecule has 0 heterocycles. The summed E-state index contributed by atoms with van der Waals surface area (Å²) in [5.41, 5.74) is 1.20. The largest absolute Gasteiger partial charge is 0.357 e. The molecule has 0 saturated carbocycles. The van der Waals surface area contributed by atoms with Crippen molar-refractivity contribution in [3.05, 3.63) is 34.3 Å². The van der Waals surface area contributed by atoms with Crippen LogP contribution >= 0.6 is 15.9 Å². The predicted octanol–water partition coefficient (Wildman–Crippen LogP) is 2.62. The molecule has 23 heavy (non-hydrogen) atoms. The van der Waals surface area contributed by atoms with Crippen molar-refractivity contribution in [1.82, 2.24) is 15.5 Å². The molecule has 0 spiro atoms. The highest BCUT2D eigenvalue weighted by atomic mass is 79.9. The second kappa shape index (κ2) is 10.3. The van der Waals surface area contributed by atoms with Gasteiger partial charge in [-0.2, -0.15) is 0 Å². The van der Waals surface area contributed by atoms with Gasteiger partial charge in [0.05, 0.1) is 6.54 Å². The van der Waals surface area contributed by atoms with Crippen molar-refractivity contribution in [2.45, 2.75) is 27.3 Å². The summed E-state index contributed by atoms with van der Waals surface area (Å²) in [7, 11) is 2.01. The van der Waals surface area contributed by atoms with Crippen LogP contribution in [0, 0.1) is 5.92 Å². The molecule has 0 fully saturated rings. The molecule has 0 aromatic heterocycles. The van der Waals surface area contributed by atoms with Gasteiger partial charge < -0.3 is 15.5 Å². The molecule has 0 saturated heterocycles. The molecule has 0 aliphatic heterocycles. The first kappa shape index (κ1) is 19.5. The number of aliphatic imine (C=N–C) groups is 1. The average Bonchev–Trinajstić information content (AvgIpc) is 2.52. The summed E-state index contributed by atoms with van der Waals surface area (Å²) in [5, 5.41) is 6.16. The quantitative estimate of drug-likeness (QED) is 0.432. The van der Waals surface area contributed by atoms with Gasteiger partial charge in [-0.1, -0.05) is 48.0 Å². The minimum atomic E-state index is 0.00493. The Hall–Kier alpha value is -1.56. The van der Waals surface area contributed by atoms with Crippen LogP contribution < -0.4 is 10.6 Å². The zero-order chi connectivity index (χ0) is 17.2. The Kier molecular flexibility index (Phi) is 8.69. The number of rotatable bonds is 7. The van der Waals surface area contributed by atoms with Crippen molar-refractivity contribution < 1.29 is 4.79 Å². The Bertz CT molecular complexity index is 531. The van der Waals surface area contributed by atoms with Crippen molar-refractivity contribution >= 4 is 27.8 Å². The normalized spacial score (nSPS) is 11.5. The fraction of sp³-hybridized carbons (Fsp3) is 0.529. The number of carbonyl (C=O) groups excluding carboxylic acids is 1. The molecule has 1 aromatic carbocycles. The standard InChI is InChI=1S/C17H27BrN4O/c1-5-19-17(21-11-10-20-16(23)13(2)3)22(4)12-14-8-6-7-9-15(14)18/h6-9,13H,5,10-12H2,1-4H3,(H,19,21)(H,20,23). The fourth-order valence-corrected chi connectivity index (χ4v) is 2.38. The Morgan fingerprint density at radius 3 is 2.61 bits per heavy atom. The van der Waals surface area contributed by atoms with E-state index in [9.17, 15) is 4.79 Å². The van der Waals surface area contributed by atoms with E-state index in [2.05, 4.69) is 42.5 Å². The molecule has 0 radical (unpaired) electrons. The summed E-state index contributed by atoms with van der Waals surface area (Å²) in [5.74, 6) is 0.902. The van der Waals surface area contributed by atoms with Crippen molar-refractivity contribution in [2.75, 3.05) is 26.7 Å². The van der Waals surface area contributed by atoms with E-state index in [1.54, 1.807) is 0 Å². The van der Waals surface area contributed by atoms with Gasteiger partial charge in [-0.15, -0.1) is 0 Å². The molecule has 6 heteroatoms. The third kappa shape index (κ3) is 7.03. The fourth-order valence-electron chi connectivity index (χ4n) is 1.97. The van der Waals surface area contributed by atoms with Gasteiger partial charge in [-0.25, -0.2) is 0 Å². The monoisotopic (exact) mass is 382 g/mol. The number of hydrogen-bond donors (Lipinski definition) is 2. The molecule has 1 aromatic rings. The van der Waals surface area contributed by atoms with E-state index in [1.807, 2.05) is 46.0 Å². The smallest absolute Gasteiger partial charge is 0.222 e. The van der Waals surface area contributed by atoms with Gasteiger partial charge in [0, 0.05) is 37.1 Å². The summed E-state index contributed by atoms with van der Waals surface area (Å²) >= 11 is 3.57. The van der Waals surface area contributed by atoms with Gasteiger partial charge in [-0.3, -0.25) is 9.79 Å². The second-order valence-corrected chi connectivity index (χ2v) is 6.48. The van der Waals surface area contributed by atoms with Crippen LogP contribution in [0.3, 0.4) is 0 Å². The van der Waals surface area contributed by atoms with Crippen LogP contribution in [0.5, 0.6) is 0 Å². The number of nitrogens with one attached hydrogen (secondary N) is 2. The van der Waals surface area contributed by atoms with Gasteiger partial charge in [0.25, 0.3) is 0 Å². The molecular formula is C17H27BrN4O. The van der Waals surface area contributed by atoms with Crippen molar-refractivity contribution in [3.8, 4) is 0 Å². The summed E-state index contributed by atoms with van der Waals surface area (Å²) in [6, 6.07) is 8.16. The molecule has 128 valence electrons. The van der Waals surface area contributed by atoms with E-state index >= 15 is 0 Å². The van der Waals surface area contributed by atoms with Gasteiger partial charge in [0.2, 0.25) is 5.91 Å². The minimum absolute atomic E-state index is 0.00493. The number of guanidine groups is 1. The molecule has 1 amide bonds. The Balaban J connectivity index is 2.60. The first-order chi connectivity index (χ1) is 11.0. The van der Waals surface area contributed by atoms with Crippen molar-refractivity contribution in [3.63, 3.8) is 0 Å². The zero-order valence-electron chi connectivity index (χ0n) is 14.4. The highest BCUT2D eigenvalue weighted by Gasteiger charge is 2.09. The summed E-state index contributed by atoms with van der Waals surface area (Å²) in [6.45, 7) is 8.48. The number of nitrogens with zero attached hydrogens (tertiary/aromatic N) is 2. The number of benzene rings is 1. The summed E-state index contributed by atoms with van der Waals surface area (Å²) in [4.78, 5) is 18.2. The van der Waals surface area contributed by atoms with E-state index < -0.39 is 0 Å².